The number of allylic oxidation sites excluding steroid dienone is 1. The molecule has 1 fully saturated rings. The van der Waals surface area contributed by atoms with E-state index in [1.54, 1.807) is 11.7 Å². The van der Waals surface area contributed by atoms with Gasteiger partial charge < -0.3 is 26.5 Å². The van der Waals surface area contributed by atoms with Gasteiger partial charge in [-0.1, -0.05) is 0 Å². The Labute approximate surface area is 162 Å². The Morgan fingerprint density at radius 3 is 2.75 bits per heavy atom. The van der Waals surface area contributed by atoms with Crippen LogP contribution in [0.15, 0.2) is 24.4 Å². The van der Waals surface area contributed by atoms with Crippen LogP contribution >= 0.6 is 0 Å². The van der Waals surface area contributed by atoms with Crippen molar-refractivity contribution in [3.8, 4) is 0 Å². The maximum Gasteiger partial charge on any atom is 0.151 e. The molecule has 2 heterocycles. The van der Waals surface area contributed by atoms with Gasteiger partial charge in [0.15, 0.2) is 5.82 Å². The second kappa shape index (κ2) is 7.81. The highest BCUT2D eigenvalue weighted by Crippen LogP contribution is 2.26. The Hall–Kier alpha value is -3.20. The molecule has 3 rings (SSSR count). The minimum Gasteiger partial charge on any atom is -0.404 e. The van der Waals surface area contributed by atoms with Crippen molar-refractivity contribution in [1.29, 1.82) is 10.8 Å². The van der Waals surface area contributed by atoms with Gasteiger partial charge in [-0.15, -0.1) is 0 Å². The summed E-state index contributed by atoms with van der Waals surface area (Å²) in [6, 6.07) is 4.41. The number of nitrogens with zero attached hydrogens (tertiary/aromatic N) is 3. The number of benzene rings is 1. The van der Waals surface area contributed by atoms with Gasteiger partial charge in [0.2, 0.25) is 0 Å². The van der Waals surface area contributed by atoms with Crippen molar-refractivity contribution in [2.24, 2.45) is 12.8 Å². The lowest BCUT2D eigenvalue weighted by atomic mass is 9.98. The van der Waals surface area contributed by atoms with Gasteiger partial charge in [-0.05, 0) is 19.1 Å². The third kappa shape index (κ3) is 3.61. The number of nitrogen functional groups attached to an aromatic ring is 1. The number of nitrogens with two attached hydrogens (primary N) is 2. The molecule has 1 aliphatic heterocycles. The highest BCUT2D eigenvalue weighted by molar-refractivity contribution is 6.15. The molecule has 0 unspecified atom stereocenters. The molecular weight excluding hydrogens is 361 g/mol. The lowest BCUT2D eigenvalue weighted by Gasteiger charge is -2.31. The zero-order valence-electron chi connectivity index (χ0n) is 15.9. The van der Waals surface area contributed by atoms with Crippen LogP contribution in [-0.4, -0.2) is 47.5 Å². The SMILES string of the molecule is C[C@@H]1CN(c2cc(C(=N)c3cc(C(C=N)=CN)c(F)cc3N)n(C)n2)CCO1. The molecule has 6 N–H and O–H groups in total. The van der Waals surface area contributed by atoms with E-state index in [0.717, 1.165) is 37.4 Å². The Morgan fingerprint density at radius 1 is 1.36 bits per heavy atom. The Kier molecular flexibility index (Phi) is 5.46. The number of hydrogen-bond donors (Lipinski definition) is 4. The number of aryl methyl sites for hydroxylation is 1. The third-order valence-electron chi connectivity index (χ3n) is 4.74. The number of hydrogen-bond acceptors (Lipinski definition) is 7. The monoisotopic (exact) mass is 385 g/mol. The second-order valence-corrected chi connectivity index (χ2v) is 6.70. The summed E-state index contributed by atoms with van der Waals surface area (Å²) in [5.41, 5.74) is 12.9. The van der Waals surface area contributed by atoms with E-state index >= 15 is 0 Å². The van der Waals surface area contributed by atoms with Crippen LogP contribution in [0.2, 0.25) is 0 Å². The molecule has 2 aromatic rings. The predicted octanol–water partition coefficient (Wildman–Crippen LogP) is 1.73. The number of aromatic nitrogens is 2. The molecule has 1 aliphatic rings. The summed E-state index contributed by atoms with van der Waals surface area (Å²) in [6.45, 7) is 4.07. The Bertz CT molecular complexity index is 950. The molecule has 0 aliphatic carbocycles. The summed E-state index contributed by atoms with van der Waals surface area (Å²) < 4.78 is 21.5. The fraction of sp³-hybridized carbons (Fsp3) is 0.316. The predicted molar refractivity (Wildman–Crippen MR) is 109 cm³/mol. The molecule has 1 aromatic carbocycles. The van der Waals surface area contributed by atoms with Crippen molar-refractivity contribution in [2.45, 2.75) is 13.0 Å². The van der Waals surface area contributed by atoms with Crippen LogP contribution in [0.3, 0.4) is 0 Å². The van der Waals surface area contributed by atoms with E-state index < -0.39 is 5.82 Å². The third-order valence-corrected chi connectivity index (χ3v) is 4.74. The van der Waals surface area contributed by atoms with E-state index in [-0.39, 0.29) is 28.6 Å². The Morgan fingerprint density at radius 2 is 2.11 bits per heavy atom. The van der Waals surface area contributed by atoms with Crippen LogP contribution in [0.25, 0.3) is 5.57 Å². The molecule has 1 aromatic heterocycles. The molecule has 0 amide bonds. The molecule has 0 saturated carbocycles. The van der Waals surface area contributed by atoms with Crippen molar-refractivity contribution in [3.05, 3.63) is 47.0 Å². The highest BCUT2D eigenvalue weighted by Gasteiger charge is 2.22. The lowest BCUT2D eigenvalue weighted by molar-refractivity contribution is 0.0529. The summed E-state index contributed by atoms with van der Waals surface area (Å²) in [7, 11) is 1.75. The summed E-state index contributed by atoms with van der Waals surface area (Å²) in [4.78, 5) is 2.11. The van der Waals surface area contributed by atoms with Gasteiger partial charge in [-0.3, -0.25) is 10.1 Å². The fourth-order valence-electron chi connectivity index (χ4n) is 3.25. The lowest BCUT2D eigenvalue weighted by Crippen LogP contribution is -2.41. The van der Waals surface area contributed by atoms with Gasteiger partial charge in [-0.25, -0.2) is 4.39 Å². The van der Waals surface area contributed by atoms with E-state index in [1.165, 1.54) is 6.07 Å². The van der Waals surface area contributed by atoms with Crippen LogP contribution < -0.4 is 16.4 Å². The summed E-state index contributed by atoms with van der Waals surface area (Å²) >= 11 is 0. The number of rotatable bonds is 5. The normalized spacial score (nSPS) is 17.6. The van der Waals surface area contributed by atoms with E-state index in [4.69, 9.17) is 27.0 Å². The summed E-state index contributed by atoms with van der Waals surface area (Å²) in [5, 5.41) is 20.5. The van der Waals surface area contributed by atoms with Crippen molar-refractivity contribution in [1.82, 2.24) is 9.78 Å². The molecule has 1 atom stereocenters. The zero-order chi connectivity index (χ0) is 20.4. The average molecular weight is 385 g/mol. The maximum absolute atomic E-state index is 14.3. The van der Waals surface area contributed by atoms with Crippen LogP contribution in [0.1, 0.15) is 23.7 Å². The van der Waals surface area contributed by atoms with Gasteiger partial charge in [0.25, 0.3) is 0 Å². The topological polar surface area (TPSA) is 130 Å². The minimum absolute atomic E-state index is 0.108. The van der Waals surface area contributed by atoms with Crippen molar-refractivity contribution in [2.75, 3.05) is 30.3 Å². The molecule has 1 saturated heterocycles. The second-order valence-electron chi connectivity index (χ2n) is 6.70. The minimum atomic E-state index is -0.595. The van der Waals surface area contributed by atoms with Crippen LogP contribution in [0, 0.1) is 16.6 Å². The van der Waals surface area contributed by atoms with Gasteiger partial charge >= 0.3 is 0 Å². The highest BCUT2D eigenvalue weighted by atomic mass is 19.1. The van der Waals surface area contributed by atoms with Crippen LogP contribution in [0.5, 0.6) is 0 Å². The van der Waals surface area contributed by atoms with Gasteiger partial charge in [0, 0.05) is 61.0 Å². The molecule has 0 bridgehead atoms. The number of halogens is 1. The first-order chi connectivity index (χ1) is 13.3. The summed E-state index contributed by atoms with van der Waals surface area (Å²) in [5.74, 6) is 0.155. The molecule has 9 heteroatoms. The average Bonchev–Trinajstić information content (AvgIpc) is 3.05. The first kappa shape index (κ1) is 19.6. The summed E-state index contributed by atoms with van der Waals surface area (Å²) in [6.07, 6.45) is 2.22. The zero-order valence-corrected chi connectivity index (χ0v) is 15.9. The standard InChI is InChI=1S/C19H24FN7O/c1-11-10-27(3-4-28-11)18-7-17(26(2)25-18)19(24)14-5-13(12(8-21)9-22)15(20)6-16(14)23/h5-9,11,21,24H,3-4,10,22-23H2,1-2H3/t11-/m1/s1. The largest absolute Gasteiger partial charge is 0.404 e. The van der Waals surface area contributed by atoms with Gasteiger partial charge in [0.1, 0.15) is 5.82 Å². The molecule has 28 heavy (non-hydrogen) atoms. The van der Waals surface area contributed by atoms with Crippen molar-refractivity contribution in [3.63, 3.8) is 0 Å². The first-order valence-corrected chi connectivity index (χ1v) is 8.87. The number of nitrogens with one attached hydrogen (secondary N) is 2. The number of morpholine rings is 1. The molecule has 0 spiro atoms. The van der Waals surface area contributed by atoms with E-state index in [9.17, 15) is 4.39 Å². The van der Waals surface area contributed by atoms with E-state index in [0.29, 0.717) is 17.9 Å². The van der Waals surface area contributed by atoms with Crippen molar-refractivity contribution >= 4 is 29.0 Å². The number of anilines is 2. The molecule has 0 radical (unpaired) electrons. The van der Waals surface area contributed by atoms with Gasteiger partial charge in [-0.2, -0.15) is 5.10 Å². The fourth-order valence-corrected chi connectivity index (χ4v) is 3.25. The molecule has 8 nitrogen and oxygen atoms in total. The number of ether oxygens (including phenoxy) is 1. The smallest absolute Gasteiger partial charge is 0.151 e. The molecular formula is C19H24FN7O. The van der Waals surface area contributed by atoms with Crippen molar-refractivity contribution < 1.29 is 9.13 Å². The Balaban J connectivity index is 1.98. The maximum atomic E-state index is 14.3. The van der Waals surface area contributed by atoms with E-state index in [2.05, 4.69) is 10.00 Å². The first-order valence-electron chi connectivity index (χ1n) is 8.87. The van der Waals surface area contributed by atoms with Crippen LogP contribution in [0.4, 0.5) is 15.9 Å². The van der Waals surface area contributed by atoms with E-state index in [1.807, 2.05) is 13.0 Å². The van der Waals surface area contributed by atoms with Gasteiger partial charge in [0.05, 0.1) is 24.1 Å². The van der Waals surface area contributed by atoms with Crippen LogP contribution in [-0.2, 0) is 11.8 Å². The molecule has 148 valence electrons. The quantitative estimate of drug-likeness (QED) is 0.460.